The molecule has 0 aliphatic heterocycles. The molecule has 236 valence electrons. The summed E-state index contributed by atoms with van der Waals surface area (Å²) in [6, 6.07) is 14.1. The van der Waals surface area contributed by atoms with Gasteiger partial charge >= 0.3 is 57.4 Å². The zero-order valence-electron chi connectivity index (χ0n) is 24.4. The van der Waals surface area contributed by atoms with Gasteiger partial charge in [-0.1, -0.05) is 0 Å². The fourth-order valence-corrected chi connectivity index (χ4v) is 4.72. The molecule has 0 atom stereocenters. The van der Waals surface area contributed by atoms with E-state index in [2.05, 4.69) is 15.6 Å². The Morgan fingerprint density at radius 3 is 2.20 bits per heavy atom. The van der Waals surface area contributed by atoms with Crippen LogP contribution in [0.4, 0.5) is 20.2 Å². The number of fused-ring (bicyclic) bond motifs is 1. The first kappa shape index (κ1) is 35.2. The third kappa shape index (κ3) is 8.59. The predicted molar refractivity (Wildman–Crippen MR) is 169 cm³/mol. The van der Waals surface area contributed by atoms with Crippen LogP contribution in [0.2, 0.25) is 0 Å². The van der Waals surface area contributed by atoms with Crippen molar-refractivity contribution in [3.05, 3.63) is 78.5 Å². The van der Waals surface area contributed by atoms with Crippen LogP contribution in [0, 0.1) is 17.0 Å². The summed E-state index contributed by atoms with van der Waals surface area (Å²) >= 11 is 0. The molecule has 46 heavy (non-hydrogen) atoms. The number of halogens is 2. The van der Waals surface area contributed by atoms with E-state index in [1.165, 1.54) is 49.7 Å². The molecular formula is C33H32F2KN3O7. The molecule has 0 bridgehead atoms. The van der Waals surface area contributed by atoms with E-state index < -0.39 is 34.8 Å². The van der Waals surface area contributed by atoms with Crippen molar-refractivity contribution in [2.75, 3.05) is 24.4 Å². The fraction of sp³-hybridized carbons (Fsp3) is 0.273. The van der Waals surface area contributed by atoms with Gasteiger partial charge in [0, 0.05) is 41.5 Å². The summed E-state index contributed by atoms with van der Waals surface area (Å²) < 4.78 is 45.6. The van der Waals surface area contributed by atoms with Crippen LogP contribution in [-0.4, -0.2) is 93.0 Å². The van der Waals surface area contributed by atoms with E-state index in [0.717, 1.165) is 6.07 Å². The van der Waals surface area contributed by atoms with Crippen LogP contribution < -0.4 is 24.8 Å². The second kappa shape index (κ2) is 15.8. The molecule has 1 fully saturated rings. The average molecular weight is 660 g/mol. The Labute approximate surface area is 306 Å². The number of hydrogen-bond donors (Lipinski definition) is 3. The van der Waals surface area contributed by atoms with E-state index >= 15 is 4.39 Å². The number of nitrogens with zero attached hydrogens (tertiary/aromatic N) is 1. The van der Waals surface area contributed by atoms with Crippen LogP contribution in [0.1, 0.15) is 38.5 Å². The molecule has 1 aliphatic carbocycles. The van der Waals surface area contributed by atoms with Gasteiger partial charge in [0.25, 0.3) is 0 Å². The molecule has 1 aliphatic rings. The number of aromatic nitrogens is 1. The van der Waals surface area contributed by atoms with Gasteiger partial charge in [-0.15, -0.1) is 0 Å². The van der Waals surface area contributed by atoms with Crippen molar-refractivity contribution >= 4 is 91.4 Å². The number of nitrogens with one attached hydrogen (secondary N) is 2. The van der Waals surface area contributed by atoms with E-state index in [4.69, 9.17) is 19.3 Å². The minimum atomic E-state index is -1.29. The number of aliphatic carboxylic acids is 1. The van der Waals surface area contributed by atoms with Gasteiger partial charge in [0.2, 0.25) is 11.8 Å². The first-order chi connectivity index (χ1) is 21.7. The first-order valence-electron chi connectivity index (χ1n) is 14.4. The van der Waals surface area contributed by atoms with Crippen molar-refractivity contribution in [1.82, 2.24) is 4.98 Å². The Kier molecular flexibility index (Phi) is 12.1. The average Bonchev–Trinajstić information content (AvgIpc) is 3.83. The summed E-state index contributed by atoms with van der Waals surface area (Å²) in [4.78, 5) is 40.9. The van der Waals surface area contributed by atoms with Crippen LogP contribution in [0.3, 0.4) is 0 Å². The molecule has 0 saturated heterocycles. The van der Waals surface area contributed by atoms with Gasteiger partial charge in [-0.25, -0.2) is 8.78 Å². The van der Waals surface area contributed by atoms with Gasteiger partial charge in [-0.2, -0.15) is 0 Å². The standard InChI is InChI=1S/C33H31F2N3O7.K.H/c1-43-28-18-23-25(19-29(28)44-16-4-2-3-5-30(39)40)36-15-12-26(23)45-27-11-10-22(17-24(27)35)38-32(42)33(13-14-33)31(41)37-21-8-6-20(34)7-9-21;;/h6-12,15,17-19H,2-5,13-14,16H2,1H3,(H,37,41)(H,38,42)(H,39,40);;. The van der Waals surface area contributed by atoms with Gasteiger partial charge in [-0.05, 0) is 80.6 Å². The van der Waals surface area contributed by atoms with Gasteiger partial charge in [-0.3, -0.25) is 19.4 Å². The van der Waals surface area contributed by atoms with Crippen molar-refractivity contribution in [2.45, 2.75) is 38.5 Å². The normalized spacial score (nSPS) is 12.8. The Morgan fingerprint density at radius 1 is 0.848 bits per heavy atom. The number of benzene rings is 3. The zero-order valence-corrected chi connectivity index (χ0v) is 24.4. The van der Waals surface area contributed by atoms with E-state index in [-0.39, 0.29) is 69.2 Å². The van der Waals surface area contributed by atoms with Gasteiger partial charge in [0.1, 0.15) is 17.0 Å². The van der Waals surface area contributed by atoms with Gasteiger partial charge in [0.15, 0.2) is 23.1 Å². The molecule has 1 aromatic heterocycles. The van der Waals surface area contributed by atoms with Crippen molar-refractivity contribution < 1.29 is 42.5 Å². The Hall–Kier alpha value is -3.62. The third-order valence-electron chi connectivity index (χ3n) is 7.41. The topological polar surface area (TPSA) is 136 Å². The van der Waals surface area contributed by atoms with Crippen molar-refractivity contribution in [3.63, 3.8) is 0 Å². The van der Waals surface area contributed by atoms with Crippen LogP contribution in [0.25, 0.3) is 10.9 Å². The molecule has 13 heteroatoms. The van der Waals surface area contributed by atoms with E-state index in [1.807, 2.05) is 0 Å². The molecule has 1 heterocycles. The molecule has 3 N–H and O–H groups in total. The number of unbranched alkanes of at least 4 members (excludes halogenated alkanes) is 2. The number of carboxylic acid groups (broad SMARTS) is 1. The number of pyridine rings is 1. The molecule has 1 saturated carbocycles. The molecule has 3 aromatic carbocycles. The number of carboxylic acids is 1. The molecular weight excluding hydrogens is 627 g/mol. The van der Waals surface area contributed by atoms with Gasteiger partial charge < -0.3 is 30.0 Å². The second-order valence-corrected chi connectivity index (χ2v) is 10.6. The van der Waals surface area contributed by atoms with Gasteiger partial charge in [0.05, 0.1) is 19.2 Å². The molecule has 4 aromatic rings. The minimum absolute atomic E-state index is 0. The number of carbonyl (C=O) groups excluding carboxylic acids is 2. The van der Waals surface area contributed by atoms with Crippen LogP contribution in [0.5, 0.6) is 23.0 Å². The summed E-state index contributed by atoms with van der Waals surface area (Å²) in [5.74, 6) is -2.02. The Bertz CT molecular complexity index is 1730. The quantitative estimate of drug-likeness (QED) is 0.0847. The van der Waals surface area contributed by atoms with Crippen molar-refractivity contribution in [3.8, 4) is 23.0 Å². The second-order valence-electron chi connectivity index (χ2n) is 10.6. The fourth-order valence-electron chi connectivity index (χ4n) is 4.72. The predicted octanol–water partition coefficient (Wildman–Crippen LogP) is 6.05. The summed E-state index contributed by atoms with van der Waals surface area (Å²) in [7, 11) is 1.49. The number of rotatable bonds is 14. The SMILES string of the molecule is COc1cc2c(Oc3ccc(NC(=O)C4(C(=O)Nc5ccc(F)cc5)CC4)cc3F)ccnc2cc1OCCCCCC(=O)O.[KH]. The van der Waals surface area contributed by atoms with Crippen molar-refractivity contribution in [1.29, 1.82) is 0 Å². The van der Waals surface area contributed by atoms with E-state index in [9.17, 15) is 18.8 Å². The number of ether oxygens (including phenoxy) is 3. The molecule has 2 amide bonds. The molecule has 5 rings (SSSR count). The van der Waals surface area contributed by atoms with Crippen LogP contribution >= 0.6 is 0 Å². The number of anilines is 2. The van der Waals surface area contributed by atoms with E-state index in [0.29, 0.717) is 72.5 Å². The summed E-state index contributed by atoms with van der Waals surface area (Å²) in [5, 5.41) is 14.6. The van der Waals surface area contributed by atoms with Crippen LogP contribution in [0.15, 0.2) is 66.9 Å². The third-order valence-corrected chi connectivity index (χ3v) is 7.41. The Morgan fingerprint density at radius 2 is 1.54 bits per heavy atom. The molecule has 0 unspecified atom stereocenters. The number of amides is 2. The maximum absolute atomic E-state index is 15.2. The van der Waals surface area contributed by atoms with E-state index in [1.54, 1.807) is 18.2 Å². The summed E-state index contributed by atoms with van der Waals surface area (Å²) in [5.41, 5.74) is -0.260. The monoisotopic (exact) mass is 659 g/mol. The van der Waals surface area contributed by atoms with Crippen molar-refractivity contribution in [2.24, 2.45) is 5.41 Å². The van der Waals surface area contributed by atoms with Crippen LogP contribution in [-0.2, 0) is 14.4 Å². The number of methoxy groups -OCH3 is 1. The molecule has 0 radical (unpaired) electrons. The molecule has 10 nitrogen and oxygen atoms in total. The number of carbonyl (C=O) groups is 3. The molecule has 0 spiro atoms. The zero-order chi connectivity index (χ0) is 32.0. The Balaban J connectivity index is 0.00000480. The number of hydrogen-bond acceptors (Lipinski definition) is 7. The first-order valence-corrected chi connectivity index (χ1v) is 14.4. The maximum atomic E-state index is 15.2. The summed E-state index contributed by atoms with van der Waals surface area (Å²) in [6.45, 7) is 0.367. The summed E-state index contributed by atoms with van der Waals surface area (Å²) in [6.07, 6.45) is 4.23.